The molecule has 0 unspecified atom stereocenters. The molecule has 2 N–H and O–H groups in total. The molecule has 3 aromatic carbocycles. The highest BCUT2D eigenvalue weighted by Gasteiger charge is 2.18. The van der Waals surface area contributed by atoms with E-state index >= 15 is 0 Å². The number of rotatable bonds is 9. The van der Waals surface area contributed by atoms with Gasteiger partial charge in [-0.25, -0.2) is 10.2 Å². The molecular formula is C23H22N2O6. The number of para-hydroxylation sites is 1. The maximum atomic E-state index is 12.1. The van der Waals surface area contributed by atoms with Crippen molar-refractivity contribution in [3.05, 3.63) is 66.2 Å². The minimum Gasteiger partial charge on any atom is -0.493 e. The van der Waals surface area contributed by atoms with Crippen LogP contribution in [0, 0.1) is 0 Å². The van der Waals surface area contributed by atoms with Gasteiger partial charge in [0.2, 0.25) is 0 Å². The van der Waals surface area contributed by atoms with E-state index in [0.717, 1.165) is 10.8 Å². The van der Waals surface area contributed by atoms with Crippen molar-refractivity contribution in [2.75, 3.05) is 13.7 Å². The Bertz CT molecular complexity index is 1110. The number of benzene rings is 3. The number of hydrogen-bond donors (Lipinski definition) is 2. The molecule has 160 valence electrons. The first-order chi connectivity index (χ1) is 15.0. The number of carbonyl (C=O) groups is 2. The summed E-state index contributed by atoms with van der Waals surface area (Å²) < 4.78 is 16.3. The number of amides is 1. The van der Waals surface area contributed by atoms with E-state index in [4.69, 9.17) is 19.3 Å². The van der Waals surface area contributed by atoms with E-state index in [-0.39, 0.29) is 12.4 Å². The Kier molecular flexibility index (Phi) is 7.05. The van der Waals surface area contributed by atoms with Gasteiger partial charge in [0.15, 0.2) is 24.2 Å². The summed E-state index contributed by atoms with van der Waals surface area (Å²) in [7, 11) is 1.45. The average Bonchev–Trinajstić information content (AvgIpc) is 2.78. The van der Waals surface area contributed by atoms with Gasteiger partial charge in [0.05, 0.1) is 13.3 Å². The molecule has 0 aliphatic carbocycles. The van der Waals surface area contributed by atoms with Gasteiger partial charge in [-0.15, -0.1) is 0 Å². The van der Waals surface area contributed by atoms with Gasteiger partial charge in [-0.3, -0.25) is 4.79 Å². The molecule has 0 radical (unpaired) electrons. The zero-order valence-corrected chi connectivity index (χ0v) is 17.1. The van der Waals surface area contributed by atoms with E-state index in [9.17, 15) is 9.59 Å². The van der Waals surface area contributed by atoms with Crippen LogP contribution in [-0.4, -0.2) is 43.0 Å². The highest BCUT2D eigenvalue weighted by atomic mass is 16.5. The molecule has 0 aromatic heterocycles. The van der Waals surface area contributed by atoms with E-state index in [2.05, 4.69) is 10.5 Å². The lowest BCUT2D eigenvalue weighted by Crippen LogP contribution is -2.25. The SMILES string of the molecule is COc1cccc(/C=N/NC(=O)COc2cccc3ccccc23)c1O[C@H](C)C(=O)O. The van der Waals surface area contributed by atoms with Gasteiger partial charge in [0, 0.05) is 10.9 Å². The van der Waals surface area contributed by atoms with Gasteiger partial charge in [-0.1, -0.05) is 42.5 Å². The monoisotopic (exact) mass is 422 g/mol. The number of fused-ring (bicyclic) bond motifs is 1. The van der Waals surface area contributed by atoms with Crippen molar-refractivity contribution in [1.29, 1.82) is 0 Å². The summed E-state index contributed by atoms with van der Waals surface area (Å²) in [5, 5.41) is 14.9. The summed E-state index contributed by atoms with van der Waals surface area (Å²) in [4.78, 5) is 23.3. The Morgan fingerprint density at radius 2 is 1.77 bits per heavy atom. The first kappa shape index (κ1) is 21.6. The number of hydrogen-bond acceptors (Lipinski definition) is 6. The van der Waals surface area contributed by atoms with Crippen molar-refractivity contribution in [2.45, 2.75) is 13.0 Å². The zero-order valence-electron chi connectivity index (χ0n) is 17.1. The Balaban J connectivity index is 1.65. The summed E-state index contributed by atoms with van der Waals surface area (Å²) in [6.07, 6.45) is 0.259. The van der Waals surface area contributed by atoms with Crippen LogP contribution < -0.4 is 19.6 Å². The van der Waals surface area contributed by atoms with Crippen molar-refractivity contribution >= 4 is 28.9 Å². The largest absolute Gasteiger partial charge is 0.493 e. The van der Waals surface area contributed by atoms with Crippen LogP contribution in [0.5, 0.6) is 17.2 Å². The number of hydrazone groups is 1. The third-order valence-corrected chi connectivity index (χ3v) is 4.37. The molecule has 0 bridgehead atoms. The predicted octanol–water partition coefficient (Wildman–Crippen LogP) is 3.23. The molecule has 1 atom stereocenters. The number of nitrogens with zero attached hydrogens (tertiary/aromatic N) is 1. The van der Waals surface area contributed by atoms with Crippen molar-refractivity contribution in [3.8, 4) is 17.2 Å². The maximum absolute atomic E-state index is 12.1. The van der Waals surface area contributed by atoms with Crippen molar-refractivity contribution in [3.63, 3.8) is 0 Å². The first-order valence-corrected chi connectivity index (χ1v) is 9.48. The molecule has 0 aliphatic heterocycles. The fourth-order valence-corrected chi connectivity index (χ4v) is 2.82. The molecule has 8 nitrogen and oxygen atoms in total. The van der Waals surface area contributed by atoms with Crippen molar-refractivity contribution < 1.29 is 28.9 Å². The summed E-state index contributed by atoms with van der Waals surface area (Å²) in [5.74, 6) is -0.405. The first-order valence-electron chi connectivity index (χ1n) is 9.48. The van der Waals surface area contributed by atoms with Gasteiger partial charge in [0.1, 0.15) is 5.75 Å². The second kappa shape index (κ2) is 10.1. The Morgan fingerprint density at radius 1 is 1.06 bits per heavy atom. The third kappa shape index (κ3) is 5.51. The molecule has 3 rings (SSSR count). The highest BCUT2D eigenvalue weighted by molar-refractivity contribution is 5.89. The van der Waals surface area contributed by atoms with Crippen LogP contribution in [0.3, 0.4) is 0 Å². The number of nitrogens with one attached hydrogen (secondary N) is 1. The Hall–Kier alpha value is -4.07. The third-order valence-electron chi connectivity index (χ3n) is 4.37. The molecule has 8 heteroatoms. The van der Waals surface area contributed by atoms with Gasteiger partial charge in [-0.05, 0) is 30.5 Å². The highest BCUT2D eigenvalue weighted by Crippen LogP contribution is 2.31. The molecule has 0 aliphatic rings. The van der Waals surface area contributed by atoms with E-state index < -0.39 is 18.0 Å². The van der Waals surface area contributed by atoms with Crippen molar-refractivity contribution in [2.24, 2.45) is 5.10 Å². The van der Waals surface area contributed by atoms with Crippen LogP contribution in [-0.2, 0) is 9.59 Å². The van der Waals surface area contributed by atoms with Gasteiger partial charge in [0.25, 0.3) is 5.91 Å². The summed E-state index contributed by atoms with van der Waals surface area (Å²) in [6, 6.07) is 18.3. The second-order valence-corrected chi connectivity index (χ2v) is 6.54. The number of carboxylic acids is 1. The molecule has 31 heavy (non-hydrogen) atoms. The molecule has 0 saturated carbocycles. The lowest BCUT2D eigenvalue weighted by atomic mass is 10.1. The van der Waals surface area contributed by atoms with Crippen molar-refractivity contribution in [1.82, 2.24) is 5.43 Å². The number of ether oxygens (including phenoxy) is 3. The molecular weight excluding hydrogens is 400 g/mol. The lowest BCUT2D eigenvalue weighted by Gasteiger charge is -2.15. The molecule has 3 aromatic rings. The summed E-state index contributed by atoms with van der Waals surface area (Å²) >= 11 is 0. The van der Waals surface area contributed by atoms with Gasteiger partial charge >= 0.3 is 5.97 Å². The smallest absolute Gasteiger partial charge is 0.344 e. The van der Waals surface area contributed by atoms with Crippen LogP contribution in [0.2, 0.25) is 0 Å². The van der Waals surface area contributed by atoms with E-state index in [1.807, 2.05) is 36.4 Å². The number of carboxylic acid groups (broad SMARTS) is 1. The second-order valence-electron chi connectivity index (χ2n) is 6.54. The minimum atomic E-state index is -1.12. The minimum absolute atomic E-state index is 0.213. The van der Waals surface area contributed by atoms with E-state index in [1.54, 1.807) is 24.3 Å². The van der Waals surface area contributed by atoms with Crippen LogP contribution in [0.1, 0.15) is 12.5 Å². The van der Waals surface area contributed by atoms with Crippen LogP contribution in [0.25, 0.3) is 10.8 Å². The van der Waals surface area contributed by atoms with Crippen LogP contribution in [0.4, 0.5) is 0 Å². The summed E-state index contributed by atoms with van der Waals surface area (Å²) in [5.41, 5.74) is 2.83. The summed E-state index contributed by atoms with van der Waals surface area (Å²) in [6.45, 7) is 1.19. The van der Waals surface area contributed by atoms with E-state index in [0.29, 0.717) is 17.1 Å². The Morgan fingerprint density at radius 3 is 2.55 bits per heavy atom. The molecule has 0 heterocycles. The maximum Gasteiger partial charge on any atom is 0.344 e. The molecule has 0 spiro atoms. The fraction of sp³-hybridized carbons (Fsp3) is 0.174. The normalized spacial score (nSPS) is 11.8. The topological polar surface area (TPSA) is 106 Å². The lowest BCUT2D eigenvalue weighted by molar-refractivity contribution is -0.144. The number of carbonyl (C=O) groups excluding carboxylic acids is 1. The molecule has 0 saturated heterocycles. The number of methoxy groups -OCH3 is 1. The van der Waals surface area contributed by atoms with Crippen LogP contribution >= 0.6 is 0 Å². The molecule has 0 fully saturated rings. The molecule has 1 amide bonds. The predicted molar refractivity (Wildman–Crippen MR) is 116 cm³/mol. The average molecular weight is 422 g/mol. The number of aliphatic carboxylic acids is 1. The zero-order chi connectivity index (χ0) is 22.2. The Labute approximate surface area is 179 Å². The van der Waals surface area contributed by atoms with Gasteiger partial charge < -0.3 is 19.3 Å². The van der Waals surface area contributed by atoms with Crippen LogP contribution in [0.15, 0.2) is 65.8 Å². The standard InChI is InChI=1S/C23H22N2O6/c1-15(23(27)28)31-22-17(9-6-12-20(22)29-2)13-24-25-21(26)14-30-19-11-5-8-16-7-3-4-10-18(16)19/h3-13,15H,14H2,1-2H3,(H,25,26)(H,27,28)/b24-13+/t15-/m1/s1. The fourth-order valence-electron chi connectivity index (χ4n) is 2.82. The van der Waals surface area contributed by atoms with E-state index in [1.165, 1.54) is 20.2 Å². The quantitative estimate of drug-likeness (QED) is 0.405. The van der Waals surface area contributed by atoms with Gasteiger partial charge in [-0.2, -0.15) is 5.10 Å².